The SMILES string of the molecule is CC(CC(C)C)=Nc1ccc(C2=CCCCc3nc(NC(C)C)ncc32)nc1C. The van der Waals surface area contributed by atoms with Gasteiger partial charge in [-0.15, -0.1) is 0 Å². The average molecular weight is 392 g/mol. The fourth-order valence-corrected chi connectivity index (χ4v) is 3.69. The Morgan fingerprint density at radius 1 is 1.17 bits per heavy atom. The van der Waals surface area contributed by atoms with E-state index in [9.17, 15) is 0 Å². The van der Waals surface area contributed by atoms with E-state index in [0.29, 0.717) is 17.9 Å². The normalized spacial score (nSPS) is 14.6. The number of aromatic nitrogens is 3. The summed E-state index contributed by atoms with van der Waals surface area (Å²) < 4.78 is 0. The largest absolute Gasteiger partial charge is 0.352 e. The maximum atomic E-state index is 4.89. The van der Waals surface area contributed by atoms with Crippen LogP contribution >= 0.6 is 0 Å². The Kier molecular flexibility index (Phi) is 6.78. The summed E-state index contributed by atoms with van der Waals surface area (Å²) in [5.74, 6) is 1.31. The Morgan fingerprint density at radius 2 is 1.97 bits per heavy atom. The molecule has 0 amide bonds. The topological polar surface area (TPSA) is 63.1 Å². The summed E-state index contributed by atoms with van der Waals surface area (Å²) in [6.07, 6.45) is 8.29. The number of pyridine rings is 1. The molecule has 0 atom stereocenters. The first-order chi connectivity index (χ1) is 13.8. The summed E-state index contributed by atoms with van der Waals surface area (Å²) in [6, 6.07) is 4.48. The van der Waals surface area contributed by atoms with E-state index in [0.717, 1.165) is 65.3 Å². The third-order valence-corrected chi connectivity index (χ3v) is 4.89. The standard InChI is InChI=1S/C24H33N5/c1-15(2)13-17(5)27-21-11-12-23(28-18(21)6)19-9-7-8-10-22-20(19)14-25-24(29-22)26-16(3)4/h9,11-12,14-16H,7-8,10,13H2,1-6H3,(H,25,26,29). The smallest absolute Gasteiger partial charge is 0.223 e. The van der Waals surface area contributed by atoms with Crippen molar-refractivity contribution in [3.05, 3.63) is 47.1 Å². The molecule has 1 aliphatic carbocycles. The molecule has 0 bridgehead atoms. The lowest BCUT2D eigenvalue weighted by atomic mass is 10.0. The van der Waals surface area contributed by atoms with Gasteiger partial charge in [0.25, 0.3) is 0 Å². The number of hydrogen-bond donors (Lipinski definition) is 1. The van der Waals surface area contributed by atoms with Crippen molar-refractivity contribution in [3.8, 4) is 0 Å². The highest BCUT2D eigenvalue weighted by Gasteiger charge is 2.18. The molecular weight excluding hydrogens is 358 g/mol. The molecule has 0 saturated heterocycles. The van der Waals surface area contributed by atoms with E-state index in [1.165, 1.54) is 0 Å². The molecule has 3 rings (SSSR count). The van der Waals surface area contributed by atoms with Gasteiger partial charge in [-0.2, -0.15) is 0 Å². The molecule has 1 aliphatic rings. The zero-order valence-electron chi connectivity index (χ0n) is 18.6. The minimum atomic E-state index is 0.311. The summed E-state index contributed by atoms with van der Waals surface area (Å²) in [4.78, 5) is 19.0. The van der Waals surface area contributed by atoms with Gasteiger partial charge in [-0.05, 0) is 71.4 Å². The molecule has 0 saturated carbocycles. The van der Waals surface area contributed by atoms with Crippen molar-refractivity contribution in [2.75, 3.05) is 5.32 Å². The number of aliphatic imine (C=N–C) groups is 1. The first kappa shape index (κ1) is 21.2. The van der Waals surface area contributed by atoms with Crippen LogP contribution in [0.15, 0.2) is 29.4 Å². The Hall–Kier alpha value is -2.56. The fourth-order valence-electron chi connectivity index (χ4n) is 3.69. The molecule has 2 heterocycles. The summed E-state index contributed by atoms with van der Waals surface area (Å²) in [6.45, 7) is 12.8. The van der Waals surface area contributed by atoms with Gasteiger partial charge in [-0.25, -0.2) is 9.97 Å². The van der Waals surface area contributed by atoms with Crippen molar-refractivity contribution < 1.29 is 0 Å². The molecular formula is C24H33N5. The van der Waals surface area contributed by atoms with Gasteiger partial charge in [0, 0.05) is 29.1 Å². The molecule has 0 aromatic carbocycles. The van der Waals surface area contributed by atoms with Crippen LogP contribution in [0, 0.1) is 12.8 Å². The fraction of sp³-hybridized carbons (Fsp3) is 0.500. The minimum Gasteiger partial charge on any atom is -0.352 e. The molecule has 2 aromatic heterocycles. The quantitative estimate of drug-likeness (QED) is 0.622. The molecule has 0 radical (unpaired) electrons. The molecule has 1 N–H and O–H groups in total. The van der Waals surface area contributed by atoms with Gasteiger partial charge < -0.3 is 5.32 Å². The van der Waals surface area contributed by atoms with Crippen LogP contribution in [0.25, 0.3) is 5.57 Å². The third-order valence-electron chi connectivity index (χ3n) is 4.89. The lowest BCUT2D eigenvalue weighted by Crippen LogP contribution is -2.14. The lowest BCUT2D eigenvalue weighted by molar-refractivity contribution is 0.682. The Balaban J connectivity index is 1.93. The maximum absolute atomic E-state index is 4.89. The summed E-state index contributed by atoms with van der Waals surface area (Å²) in [7, 11) is 0. The van der Waals surface area contributed by atoms with Crippen molar-refractivity contribution in [3.63, 3.8) is 0 Å². The van der Waals surface area contributed by atoms with Crippen molar-refractivity contribution in [2.24, 2.45) is 10.9 Å². The van der Waals surface area contributed by atoms with E-state index in [-0.39, 0.29) is 0 Å². The van der Waals surface area contributed by atoms with E-state index in [1.807, 2.05) is 13.1 Å². The highest BCUT2D eigenvalue weighted by molar-refractivity contribution is 5.85. The van der Waals surface area contributed by atoms with E-state index >= 15 is 0 Å². The molecule has 0 unspecified atom stereocenters. The van der Waals surface area contributed by atoms with Crippen LogP contribution in [0.5, 0.6) is 0 Å². The van der Waals surface area contributed by atoms with Gasteiger partial charge in [-0.1, -0.05) is 19.9 Å². The van der Waals surface area contributed by atoms with Crippen molar-refractivity contribution in [1.82, 2.24) is 15.0 Å². The first-order valence-electron chi connectivity index (χ1n) is 10.7. The number of allylic oxidation sites excluding steroid dienone is 1. The van der Waals surface area contributed by atoms with Gasteiger partial charge in [0.1, 0.15) is 0 Å². The van der Waals surface area contributed by atoms with Gasteiger partial charge in [-0.3, -0.25) is 9.98 Å². The third kappa shape index (κ3) is 5.49. The molecule has 0 aliphatic heterocycles. The molecule has 0 spiro atoms. The molecule has 5 nitrogen and oxygen atoms in total. The molecule has 2 aromatic rings. The monoisotopic (exact) mass is 391 g/mol. The predicted octanol–water partition coefficient (Wildman–Crippen LogP) is 5.91. The summed E-state index contributed by atoms with van der Waals surface area (Å²) in [5, 5.41) is 3.31. The second-order valence-electron chi connectivity index (χ2n) is 8.61. The van der Waals surface area contributed by atoms with Gasteiger partial charge >= 0.3 is 0 Å². The van der Waals surface area contributed by atoms with Crippen molar-refractivity contribution in [1.29, 1.82) is 0 Å². The second-order valence-corrected chi connectivity index (χ2v) is 8.61. The Bertz CT molecular complexity index is 925. The van der Waals surface area contributed by atoms with Crippen LogP contribution in [0.2, 0.25) is 0 Å². The van der Waals surface area contributed by atoms with Gasteiger partial charge in [0.15, 0.2) is 0 Å². The highest BCUT2D eigenvalue weighted by atomic mass is 15.1. The van der Waals surface area contributed by atoms with E-state index < -0.39 is 0 Å². The Morgan fingerprint density at radius 3 is 2.66 bits per heavy atom. The minimum absolute atomic E-state index is 0.311. The number of fused-ring (bicyclic) bond motifs is 1. The van der Waals surface area contributed by atoms with E-state index in [1.54, 1.807) is 0 Å². The van der Waals surface area contributed by atoms with Crippen molar-refractivity contribution in [2.45, 2.75) is 73.3 Å². The van der Waals surface area contributed by atoms with Crippen LogP contribution in [0.1, 0.15) is 76.5 Å². The number of nitrogens with zero attached hydrogens (tertiary/aromatic N) is 4. The van der Waals surface area contributed by atoms with E-state index in [4.69, 9.17) is 15.0 Å². The van der Waals surface area contributed by atoms with Crippen molar-refractivity contribution >= 4 is 22.9 Å². The second kappa shape index (κ2) is 9.29. The molecule has 5 heteroatoms. The Labute approximate surface area is 174 Å². The van der Waals surface area contributed by atoms with Crippen LogP contribution in [-0.4, -0.2) is 26.7 Å². The zero-order valence-corrected chi connectivity index (χ0v) is 18.6. The predicted molar refractivity (Wildman–Crippen MR) is 122 cm³/mol. The van der Waals surface area contributed by atoms with Crippen LogP contribution < -0.4 is 5.32 Å². The first-order valence-corrected chi connectivity index (χ1v) is 10.7. The summed E-state index contributed by atoms with van der Waals surface area (Å²) >= 11 is 0. The maximum Gasteiger partial charge on any atom is 0.223 e. The molecule has 29 heavy (non-hydrogen) atoms. The number of aryl methyl sites for hydroxylation is 2. The lowest BCUT2D eigenvalue weighted by Gasteiger charge is -2.14. The van der Waals surface area contributed by atoms with E-state index in [2.05, 4.69) is 63.1 Å². The average Bonchev–Trinajstić information content (AvgIpc) is 2.84. The number of rotatable bonds is 6. The van der Waals surface area contributed by atoms with Crippen LogP contribution in [0.3, 0.4) is 0 Å². The zero-order chi connectivity index (χ0) is 21.0. The highest BCUT2D eigenvalue weighted by Crippen LogP contribution is 2.31. The number of nitrogens with one attached hydrogen (secondary N) is 1. The number of hydrogen-bond acceptors (Lipinski definition) is 5. The summed E-state index contributed by atoms with van der Waals surface area (Å²) in [5.41, 5.74) is 7.35. The number of anilines is 1. The molecule has 0 fully saturated rings. The molecule has 154 valence electrons. The van der Waals surface area contributed by atoms with Crippen LogP contribution in [0.4, 0.5) is 11.6 Å². The van der Waals surface area contributed by atoms with Gasteiger partial charge in [0.05, 0.1) is 22.8 Å². The van der Waals surface area contributed by atoms with Gasteiger partial charge in [0.2, 0.25) is 5.95 Å². The van der Waals surface area contributed by atoms with Crippen LogP contribution in [-0.2, 0) is 6.42 Å².